The Hall–Kier alpha value is -2.10. The largest absolute Gasteiger partial charge is 0.294 e. The summed E-state index contributed by atoms with van der Waals surface area (Å²) in [4.78, 5) is 20.9. The van der Waals surface area contributed by atoms with E-state index in [1.807, 2.05) is 18.2 Å². The molecule has 0 saturated carbocycles. The molecule has 0 spiro atoms. The molecular formula is C10H9N3O. The zero-order chi connectivity index (χ0) is 10.1. The zero-order valence-electron chi connectivity index (χ0n) is 7.45. The number of carbonyl (C=O) groups excluding carboxylic acids is 1. The molecule has 0 unspecified atom stereocenters. The minimum atomic E-state index is 0.229. The number of rotatable bonds is 1. The van der Waals surface area contributed by atoms with E-state index in [0.29, 0.717) is 6.29 Å². The summed E-state index contributed by atoms with van der Waals surface area (Å²) in [6, 6.07) is 7.38. The highest BCUT2D eigenvalue weighted by atomic mass is 16.1. The van der Waals surface area contributed by atoms with Gasteiger partial charge in [0.25, 0.3) is 0 Å². The van der Waals surface area contributed by atoms with E-state index < -0.39 is 0 Å². The number of aldehydes is 1. The molecule has 0 aromatic carbocycles. The van der Waals surface area contributed by atoms with Gasteiger partial charge in [0.2, 0.25) is 0 Å². The number of hydrogen-bond donors (Lipinski definition) is 0. The number of pyridine rings is 1. The summed E-state index contributed by atoms with van der Waals surface area (Å²) < 4.78 is 0. The van der Waals surface area contributed by atoms with Crippen molar-refractivity contribution >= 4 is 6.29 Å². The maximum Gasteiger partial charge on any atom is 0.192 e. The van der Waals surface area contributed by atoms with Crippen molar-refractivity contribution in [2.45, 2.75) is 0 Å². The minimum Gasteiger partial charge on any atom is -0.294 e. The summed E-state index contributed by atoms with van der Waals surface area (Å²) in [6.07, 6.45) is 7.16. The SMILES string of the molecule is O=Cc1ncccn1.c1ccncc1. The quantitative estimate of drug-likeness (QED) is 0.633. The number of nitrogens with zero attached hydrogens (tertiary/aromatic N) is 3. The summed E-state index contributed by atoms with van der Waals surface area (Å²) in [6.45, 7) is 0. The second-order valence-electron chi connectivity index (χ2n) is 2.25. The summed E-state index contributed by atoms with van der Waals surface area (Å²) in [5.41, 5.74) is 0. The molecule has 0 aliphatic carbocycles. The van der Waals surface area contributed by atoms with Gasteiger partial charge in [0, 0.05) is 24.8 Å². The Labute approximate surface area is 81.7 Å². The van der Waals surface area contributed by atoms with Gasteiger partial charge in [-0.2, -0.15) is 0 Å². The first-order valence-electron chi connectivity index (χ1n) is 4.00. The lowest BCUT2D eigenvalue weighted by Crippen LogP contribution is -1.87. The van der Waals surface area contributed by atoms with E-state index >= 15 is 0 Å². The lowest BCUT2D eigenvalue weighted by molar-refractivity contribution is 0.111. The molecule has 2 aromatic rings. The predicted octanol–water partition coefficient (Wildman–Crippen LogP) is 1.37. The summed E-state index contributed by atoms with van der Waals surface area (Å²) in [5.74, 6) is 0.229. The molecule has 0 bridgehead atoms. The Balaban J connectivity index is 0.000000146. The van der Waals surface area contributed by atoms with Crippen LogP contribution in [-0.4, -0.2) is 21.2 Å². The third-order valence-corrected chi connectivity index (χ3v) is 1.26. The molecule has 0 saturated heterocycles. The van der Waals surface area contributed by atoms with E-state index in [9.17, 15) is 4.79 Å². The monoisotopic (exact) mass is 187 g/mol. The van der Waals surface area contributed by atoms with Crippen LogP contribution in [0.5, 0.6) is 0 Å². The Kier molecular flexibility index (Phi) is 4.58. The molecule has 2 aromatic heterocycles. The van der Waals surface area contributed by atoms with Crippen LogP contribution in [0.1, 0.15) is 10.6 Å². The third kappa shape index (κ3) is 4.06. The molecule has 2 rings (SSSR count). The summed E-state index contributed by atoms with van der Waals surface area (Å²) >= 11 is 0. The van der Waals surface area contributed by atoms with E-state index in [-0.39, 0.29) is 5.82 Å². The number of aromatic nitrogens is 3. The molecule has 0 atom stereocenters. The molecule has 4 nitrogen and oxygen atoms in total. The third-order valence-electron chi connectivity index (χ3n) is 1.26. The Morgan fingerprint density at radius 1 is 0.857 bits per heavy atom. The van der Waals surface area contributed by atoms with Crippen molar-refractivity contribution in [2.75, 3.05) is 0 Å². The minimum absolute atomic E-state index is 0.229. The van der Waals surface area contributed by atoms with Crippen molar-refractivity contribution < 1.29 is 4.79 Å². The first kappa shape index (κ1) is 9.98. The van der Waals surface area contributed by atoms with Crippen LogP contribution in [0, 0.1) is 0 Å². The Bertz CT molecular complexity index is 324. The molecule has 0 N–H and O–H groups in total. The van der Waals surface area contributed by atoms with Gasteiger partial charge < -0.3 is 0 Å². The van der Waals surface area contributed by atoms with E-state index in [0.717, 1.165) is 0 Å². The van der Waals surface area contributed by atoms with Crippen molar-refractivity contribution in [3.63, 3.8) is 0 Å². The molecule has 14 heavy (non-hydrogen) atoms. The van der Waals surface area contributed by atoms with Crippen molar-refractivity contribution in [3.8, 4) is 0 Å². The fraction of sp³-hybridized carbons (Fsp3) is 0. The topological polar surface area (TPSA) is 55.7 Å². The van der Waals surface area contributed by atoms with E-state index in [1.165, 1.54) is 12.4 Å². The van der Waals surface area contributed by atoms with Gasteiger partial charge in [-0.05, 0) is 18.2 Å². The van der Waals surface area contributed by atoms with Crippen LogP contribution in [0.4, 0.5) is 0 Å². The molecule has 70 valence electrons. The molecule has 0 fully saturated rings. The molecule has 0 aliphatic heterocycles. The van der Waals surface area contributed by atoms with Gasteiger partial charge in [0.05, 0.1) is 0 Å². The standard InChI is InChI=1S/C5H4N2O.C5H5N/c8-4-5-6-2-1-3-7-5;1-2-4-6-5-3-1/h1-4H;1-5H. The molecular weight excluding hydrogens is 178 g/mol. The van der Waals surface area contributed by atoms with E-state index in [4.69, 9.17) is 0 Å². The van der Waals surface area contributed by atoms with Crippen molar-refractivity contribution in [2.24, 2.45) is 0 Å². The van der Waals surface area contributed by atoms with Crippen LogP contribution < -0.4 is 0 Å². The fourth-order valence-corrected chi connectivity index (χ4v) is 0.684. The highest BCUT2D eigenvalue weighted by molar-refractivity contribution is 5.68. The van der Waals surface area contributed by atoms with Gasteiger partial charge >= 0.3 is 0 Å². The average molecular weight is 187 g/mol. The predicted molar refractivity (Wildman–Crippen MR) is 51.7 cm³/mol. The lowest BCUT2D eigenvalue weighted by Gasteiger charge is -1.80. The van der Waals surface area contributed by atoms with Crippen LogP contribution in [0.25, 0.3) is 0 Å². The van der Waals surface area contributed by atoms with Crippen LogP contribution in [0.2, 0.25) is 0 Å². The van der Waals surface area contributed by atoms with Gasteiger partial charge in [0.1, 0.15) is 0 Å². The fourth-order valence-electron chi connectivity index (χ4n) is 0.684. The lowest BCUT2D eigenvalue weighted by atomic mass is 10.5. The molecule has 2 heterocycles. The van der Waals surface area contributed by atoms with Gasteiger partial charge in [-0.25, -0.2) is 9.97 Å². The number of carbonyl (C=O) groups is 1. The molecule has 0 radical (unpaired) electrons. The summed E-state index contributed by atoms with van der Waals surface area (Å²) in [5, 5.41) is 0. The normalized spacial score (nSPS) is 8.29. The summed E-state index contributed by atoms with van der Waals surface area (Å²) in [7, 11) is 0. The highest BCUT2D eigenvalue weighted by Crippen LogP contribution is 1.78. The zero-order valence-corrected chi connectivity index (χ0v) is 7.45. The Morgan fingerprint density at radius 2 is 1.50 bits per heavy atom. The van der Waals surface area contributed by atoms with Gasteiger partial charge in [-0.15, -0.1) is 0 Å². The van der Waals surface area contributed by atoms with Crippen LogP contribution in [-0.2, 0) is 0 Å². The van der Waals surface area contributed by atoms with Crippen LogP contribution in [0.15, 0.2) is 49.1 Å². The maximum absolute atomic E-state index is 9.88. The molecule has 0 aliphatic rings. The smallest absolute Gasteiger partial charge is 0.192 e. The maximum atomic E-state index is 9.88. The first-order chi connectivity index (χ1) is 6.93. The highest BCUT2D eigenvalue weighted by Gasteiger charge is 1.83. The van der Waals surface area contributed by atoms with Gasteiger partial charge in [-0.3, -0.25) is 9.78 Å². The van der Waals surface area contributed by atoms with Crippen LogP contribution >= 0.6 is 0 Å². The van der Waals surface area contributed by atoms with Crippen molar-refractivity contribution in [1.29, 1.82) is 0 Å². The van der Waals surface area contributed by atoms with Crippen molar-refractivity contribution in [3.05, 3.63) is 54.9 Å². The van der Waals surface area contributed by atoms with Crippen molar-refractivity contribution in [1.82, 2.24) is 15.0 Å². The van der Waals surface area contributed by atoms with Crippen LogP contribution in [0.3, 0.4) is 0 Å². The Morgan fingerprint density at radius 3 is 1.79 bits per heavy atom. The average Bonchev–Trinajstić information content (AvgIpc) is 2.33. The number of hydrogen-bond acceptors (Lipinski definition) is 4. The first-order valence-corrected chi connectivity index (χ1v) is 4.00. The van der Waals surface area contributed by atoms with Gasteiger partial charge in [-0.1, -0.05) is 6.07 Å². The molecule has 4 heteroatoms. The molecule has 0 amide bonds. The van der Waals surface area contributed by atoms with Gasteiger partial charge in [0.15, 0.2) is 12.1 Å². The second-order valence-corrected chi connectivity index (χ2v) is 2.25. The second kappa shape index (κ2) is 6.42. The van der Waals surface area contributed by atoms with E-state index in [1.54, 1.807) is 18.5 Å². The van der Waals surface area contributed by atoms with E-state index in [2.05, 4.69) is 15.0 Å².